The molecule has 2 aromatic heterocycles. The van der Waals surface area contributed by atoms with E-state index in [9.17, 15) is 14.7 Å². The van der Waals surface area contributed by atoms with Crippen molar-refractivity contribution in [3.8, 4) is 0 Å². The number of nitrogens with zero attached hydrogens (tertiary/aromatic N) is 5. The van der Waals surface area contributed by atoms with Gasteiger partial charge in [-0.25, -0.2) is 9.78 Å². The highest BCUT2D eigenvalue weighted by Crippen LogP contribution is 2.04. The minimum absolute atomic E-state index is 0.134. The maximum absolute atomic E-state index is 12.1. The highest BCUT2D eigenvalue weighted by Gasteiger charge is 2.13. The van der Waals surface area contributed by atoms with Gasteiger partial charge in [0.25, 0.3) is 5.56 Å². The van der Waals surface area contributed by atoms with Gasteiger partial charge in [-0.2, -0.15) is 0 Å². The van der Waals surface area contributed by atoms with Crippen LogP contribution in [0.25, 0.3) is 11.2 Å². The number of aryl methyl sites for hydroxylation is 1. The van der Waals surface area contributed by atoms with Crippen molar-refractivity contribution in [1.29, 1.82) is 0 Å². The van der Waals surface area contributed by atoms with Gasteiger partial charge < -0.3 is 9.67 Å². The fourth-order valence-electron chi connectivity index (χ4n) is 1.89. The molecule has 0 aromatic carbocycles. The Morgan fingerprint density at radius 3 is 2.81 bits per heavy atom. The fourth-order valence-corrected chi connectivity index (χ4v) is 1.89. The number of imidazole rings is 1. The van der Waals surface area contributed by atoms with Gasteiger partial charge in [-0.15, -0.1) is 0 Å². The molecule has 0 fully saturated rings. The van der Waals surface area contributed by atoms with E-state index in [0.717, 1.165) is 4.57 Å². The monoisotopic (exact) mass is 288 g/mol. The third-order valence-corrected chi connectivity index (χ3v) is 2.96. The Morgan fingerprint density at radius 2 is 2.14 bits per heavy atom. The molecule has 0 aliphatic carbocycles. The molecule has 0 aliphatic rings. The minimum atomic E-state index is -0.500. The molecule has 0 atom stereocenters. The fraction of sp³-hybridized carbons (Fsp3) is 0.231. The number of allylic oxidation sites excluding steroid dienone is 2. The lowest BCUT2D eigenvalue weighted by Crippen LogP contribution is -2.38. The molecule has 2 heterocycles. The van der Waals surface area contributed by atoms with Crippen molar-refractivity contribution in [1.82, 2.24) is 18.7 Å². The van der Waals surface area contributed by atoms with Crippen LogP contribution in [-0.4, -0.2) is 24.6 Å². The van der Waals surface area contributed by atoms with Crippen LogP contribution >= 0.6 is 0 Å². The summed E-state index contributed by atoms with van der Waals surface area (Å²) in [5.41, 5.74) is -0.545. The first-order valence-electron chi connectivity index (χ1n) is 6.09. The van der Waals surface area contributed by atoms with Gasteiger partial charge in [-0.1, -0.05) is 12.7 Å². The van der Waals surface area contributed by atoms with Crippen LogP contribution < -0.4 is 16.4 Å². The number of rotatable bonds is 4. The molecule has 8 nitrogen and oxygen atoms in total. The number of fused-ring (bicyclic) bond motifs is 1. The van der Waals surface area contributed by atoms with Crippen molar-refractivity contribution in [2.45, 2.75) is 6.54 Å². The summed E-state index contributed by atoms with van der Waals surface area (Å²) in [7, 11) is 2.89. The summed E-state index contributed by atoms with van der Waals surface area (Å²) >= 11 is 0. The number of hydrogen-bond acceptors (Lipinski definition) is 5. The lowest BCUT2D eigenvalue weighted by molar-refractivity contribution is -0.219. The van der Waals surface area contributed by atoms with Crippen molar-refractivity contribution in [3.63, 3.8) is 0 Å². The average Bonchev–Trinajstić information content (AvgIpc) is 2.87. The molecule has 110 valence electrons. The summed E-state index contributed by atoms with van der Waals surface area (Å²) < 4.78 is 3.61. The lowest BCUT2D eigenvalue weighted by atomic mass is 10.5. The van der Waals surface area contributed by atoms with Crippen molar-refractivity contribution >= 4 is 17.1 Å². The SMILES string of the molecule is C=C/C=C/N=C([O-])Cn1cnc2c1c(=O)n(C)c(=O)n2C. The summed E-state index contributed by atoms with van der Waals surface area (Å²) in [5, 5.41) is 11.7. The molecule has 0 N–H and O–H groups in total. The highest BCUT2D eigenvalue weighted by molar-refractivity contribution is 5.76. The summed E-state index contributed by atoms with van der Waals surface area (Å²) in [6.07, 6.45) is 5.68. The van der Waals surface area contributed by atoms with Gasteiger partial charge in [0.15, 0.2) is 11.2 Å². The maximum atomic E-state index is 12.1. The molecular weight excluding hydrogens is 274 g/mol. The molecule has 21 heavy (non-hydrogen) atoms. The molecule has 0 saturated carbocycles. The minimum Gasteiger partial charge on any atom is -0.860 e. The molecule has 0 aliphatic heterocycles. The zero-order valence-electron chi connectivity index (χ0n) is 11.7. The summed E-state index contributed by atoms with van der Waals surface area (Å²) in [4.78, 5) is 31.6. The third kappa shape index (κ3) is 2.55. The number of hydrogen-bond donors (Lipinski definition) is 0. The van der Waals surface area contributed by atoms with Gasteiger partial charge >= 0.3 is 5.69 Å². The molecule has 0 saturated heterocycles. The molecular formula is C13H14N5O3-. The van der Waals surface area contributed by atoms with E-state index in [0.29, 0.717) is 0 Å². The predicted molar refractivity (Wildman–Crippen MR) is 77.0 cm³/mol. The van der Waals surface area contributed by atoms with Gasteiger partial charge in [0.1, 0.15) is 0 Å². The first kappa shape index (κ1) is 14.5. The molecule has 0 unspecified atom stereocenters. The van der Waals surface area contributed by atoms with Crippen LogP contribution in [0.2, 0.25) is 0 Å². The van der Waals surface area contributed by atoms with E-state index in [2.05, 4.69) is 16.6 Å². The van der Waals surface area contributed by atoms with E-state index in [1.807, 2.05) is 0 Å². The molecule has 8 heteroatoms. The lowest BCUT2D eigenvalue weighted by Gasteiger charge is -2.11. The molecule has 0 bridgehead atoms. The molecule has 0 spiro atoms. The number of aromatic nitrogens is 4. The van der Waals surface area contributed by atoms with Crippen LogP contribution in [0.15, 0.2) is 45.8 Å². The van der Waals surface area contributed by atoms with Gasteiger partial charge in [-0.05, 0) is 12.0 Å². The van der Waals surface area contributed by atoms with Crippen molar-refractivity contribution < 1.29 is 5.11 Å². The molecule has 0 radical (unpaired) electrons. The van der Waals surface area contributed by atoms with Crippen LogP contribution in [-0.2, 0) is 20.6 Å². The van der Waals surface area contributed by atoms with E-state index in [4.69, 9.17) is 0 Å². The first-order chi connectivity index (χ1) is 9.97. The second-order valence-corrected chi connectivity index (χ2v) is 4.35. The number of aliphatic imine (C=N–C) groups is 1. The van der Waals surface area contributed by atoms with Gasteiger partial charge in [-0.3, -0.25) is 18.9 Å². The Morgan fingerprint density at radius 1 is 1.43 bits per heavy atom. The van der Waals surface area contributed by atoms with Crippen molar-refractivity contribution in [2.24, 2.45) is 19.1 Å². The van der Waals surface area contributed by atoms with Crippen LogP contribution in [0.1, 0.15) is 0 Å². The summed E-state index contributed by atoms with van der Waals surface area (Å²) in [6.45, 7) is 3.33. The second kappa shape index (κ2) is 5.61. The maximum Gasteiger partial charge on any atom is 0.332 e. The standard InChI is InChI=1S/C13H15N5O3/c1-4-5-6-14-9(19)7-18-8-15-11-10(18)12(20)17(3)13(21)16(11)2/h4-6,8H,1,7H2,2-3H3,(H,14,19)/p-1/b6-5+. The van der Waals surface area contributed by atoms with Crippen LogP contribution in [0.4, 0.5) is 0 Å². The Hall–Kier alpha value is -2.90. The summed E-state index contributed by atoms with van der Waals surface area (Å²) in [6, 6.07) is 0. The van der Waals surface area contributed by atoms with E-state index in [1.54, 1.807) is 0 Å². The van der Waals surface area contributed by atoms with Crippen molar-refractivity contribution in [3.05, 3.63) is 52.1 Å². The van der Waals surface area contributed by atoms with Gasteiger partial charge in [0, 0.05) is 20.3 Å². The third-order valence-electron chi connectivity index (χ3n) is 2.96. The highest BCUT2D eigenvalue weighted by atomic mass is 16.3. The smallest absolute Gasteiger partial charge is 0.332 e. The zero-order valence-corrected chi connectivity index (χ0v) is 11.7. The Balaban J connectivity index is 2.55. The predicted octanol–water partition coefficient (Wildman–Crippen LogP) is -1.11. The van der Waals surface area contributed by atoms with Crippen LogP contribution in [0, 0.1) is 0 Å². The Labute approximate surface area is 119 Å². The van der Waals surface area contributed by atoms with Crippen LogP contribution in [0.3, 0.4) is 0 Å². The molecule has 2 rings (SSSR count). The average molecular weight is 288 g/mol. The first-order valence-corrected chi connectivity index (χ1v) is 6.09. The van der Waals surface area contributed by atoms with E-state index < -0.39 is 17.1 Å². The van der Waals surface area contributed by atoms with Crippen LogP contribution in [0.5, 0.6) is 0 Å². The normalized spacial score (nSPS) is 12.4. The Bertz CT molecular complexity index is 866. The largest absolute Gasteiger partial charge is 0.860 e. The van der Waals surface area contributed by atoms with E-state index >= 15 is 0 Å². The van der Waals surface area contributed by atoms with Gasteiger partial charge in [0.2, 0.25) is 0 Å². The molecule has 2 aromatic rings. The van der Waals surface area contributed by atoms with E-state index in [1.165, 1.54) is 47.9 Å². The van der Waals surface area contributed by atoms with Crippen molar-refractivity contribution in [2.75, 3.05) is 0 Å². The van der Waals surface area contributed by atoms with E-state index in [-0.39, 0.29) is 17.7 Å². The summed E-state index contributed by atoms with van der Waals surface area (Å²) in [5.74, 6) is -0.441. The zero-order chi connectivity index (χ0) is 15.6. The molecule has 0 amide bonds. The quantitative estimate of drug-likeness (QED) is 0.405. The topological polar surface area (TPSA) is 97.2 Å². The second-order valence-electron chi connectivity index (χ2n) is 4.35. The van der Waals surface area contributed by atoms with Gasteiger partial charge in [0.05, 0.1) is 12.9 Å². The Kier molecular flexibility index (Phi) is 3.88.